The predicted molar refractivity (Wildman–Crippen MR) is 169 cm³/mol. The first kappa shape index (κ1) is 29.3. The highest BCUT2D eigenvalue weighted by Crippen LogP contribution is 2.39. The summed E-state index contributed by atoms with van der Waals surface area (Å²) >= 11 is 0. The molecule has 234 valence electrons. The average molecular weight is 611 g/mol. The number of aliphatic hydroxyl groups excluding tert-OH is 2. The van der Waals surface area contributed by atoms with Gasteiger partial charge in [-0.1, -0.05) is 67.1 Å². The van der Waals surface area contributed by atoms with Crippen LogP contribution in [0.15, 0.2) is 73.3 Å². The van der Waals surface area contributed by atoms with E-state index in [0.29, 0.717) is 41.8 Å². The van der Waals surface area contributed by atoms with E-state index in [0.717, 1.165) is 19.6 Å². The van der Waals surface area contributed by atoms with E-state index >= 15 is 0 Å². The summed E-state index contributed by atoms with van der Waals surface area (Å²) in [5.74, 6) is 1.40. The molecule has 7 rings (SSSR count). The molecule has 5 aromatic rings. The van der Waals surface area contributed by atoms with E-state index in [1.807, 2.05) is 36.4 Å². The highest BCUT2D eigenvalue weighted by atomic mass is 16.6. The number of nitrogens with zero attached hydrogens (tertiary/aromatic N) is 7. The van der Waals surface area contributed by atoms with Crippen LogP contribution in [0.4, 0.5) is 11.8 Å². The second-order valence-electron chi connectivity index (χ2n) is 11.6. The number of aromatic amines is 1. The Morgan fingerprint density at radius 2 is 1.64 bits per heavy atom. The van der Waals surface area contributed by atoms with Gasteiger partial charge in [0.25, 0.3) is 0 Å². The van der Waals surface area contributed by atoms with E-state index in [9.17, 15) is 10.2 Å². The van der Waals surface area contributed by atoms with Crippen LogP contribution in [0.1, 0.15) is 54.5 Å². The van der Waals surface area contributed by atoms with Gasteiger partial charge in [-0.25, -0.2) is 4.98 Å². The van der Waals surface area contributed by atoms with Gasteiger partial charge >= 0.3 is 0 Å². The molecule has 2 aromatic carbocycles. The molecule has 0 unspecified atom stereocenters. The van der Waals surface area contributed by atoms with Gasteiger partial charge in [0.2, 0.25) is 5.95 Å². The van der Waals surface area contributed by atoms with Gasteiger partial charge in [0, 0.05) is 25.6 Å². The maximum absolute atomic E-state index is 11.0. The smallest absolute Gasteiger partial charge is 0.226 e. The van der Waals surface area contributed by atoms with Crippen molar-refractivity contribution in [3.05, 3.63) is 90.3 Å². The first-order valence-electron chi connectivity index (χ1n) is 15.6. The van der Waals surface area contributed by atoms with Crippen molar-refractivity contribution in [2.45, 2.75) is 49.7 Å². The molecule has 0 aliphatic carbocycles. The van der Waals surface area contributed by atoms with E-state index in [1.165, 1.54) is 36.7 Å². The Morgan fingerprint density at radius 3 is 2.33 bits per heavy atom. The van der Waals surface area contributed by atoms with Gasteiger partial charge in [0.05, 0.1) is 6.33 Å². The zero-order chi connectivity index (χ0) is 30.6. The van der Waals surface area contributed by atoms with Crippen LogP contribution >= 0.6 is 0 Å². The lowest BCUT2D eigenvalue weighted by molar-refractivity contribution is -0.0382. The topological polar surface area (TPSA) is 162 Å². The molecule has 13 nitrogen and oxygen atoms in total. The average Bonchev–Trinajstić information content (AvgIpc) is 3.83. The summed E-state index contributed by atoms with van der Waals surface area (Å²) < 4.78 is 7.77. The summed E-state index contributed by atoms with van der Waals surface area (Å²) in [6.07, 6.45) is 2.40. The number of benzene rings is 2. The molecule has 0 spiro atoms. The number of rotatable bonds is 11. The molecule has 2 fully saturated rings. The third-order valence-electron chi connectivity index (χ3n) is 8.68. The van der Waals surface area contributed by atoms with Crippen molar-refractivity contribution in [1.82, 2.24) is 39.6 Å². The third-order valence-corrected chi connectivity index (χ3v) is 8.68. The second-order valence-corrected chi connectivity index (χ2v) is 11.6. The standard InChI is InChI=1S/C32H38N10O3/c43-25-26(44)31(45-27(25)29-35-19-37-40-29)42-20-36-24-28(38-32(39-30(24)42)33-14-17-41-15-8-3-9-16-41)34-18-23(21-10-4-1-5-11-21)22-12-6-2-7-13-22/h1-2,4-7,10-13,19-20,23,25-27,31,43-44H,3,8-9,14-18H2,(H,35,37,40)(H2,33,34,38,39)/t25-,26+,27-,31+/m0/s1. The van der Waals surface area contributed by atoms with Gasteiger partial charge in [-0.2, -0.15) is 9.97 Å². The molecule has 0 saturated carbocycles. The van der Waals surface area contributed by atoms with Crippen LogP contribution in [-0.2, 0) is 4.74 Å². The Bertz CT molecular complexity index is 1620. The molecule has 2 saturated heterocycles. The van der Waals surface area contributed by atoms with Crippen molar-refractivity contribution in [2.24, 2.45) is 0 Å². The van der Waals surface area contributed by atoms with Crippen LogP contribution in [0.2, 0.25) is 0 Å². The number of imidazole rings is 1. The number of likely N-dealkylation sites (tertiary alicyclic amines) is 1. The van der Waals surface area contributed by atoms with Crippen LogP contribution in [0, 0.1) is 0 Å². The minimum atomic E-state index is -1.25. The number of hydrogen-bond donors (Lipinski definition) is 5. The van der Waals surface area contributed by atoms with Crippen molar-refractivity contribution in [2.75, 3.05) is 43.4 Å². The lowest BCUT2D eigenvalue weighted by atomic mass is 9.91. The molecule has 2 aliphatic heterocycles. The number of nitrogens with one attached hydrogen (secondary N) is 3. The van der Waals surface area contributed by atoms with Crippen molar-refractivity contribution < 1.29 is 14.9 Å². The zero-order valence-corrected chi connectivity index (χ0v) is 24.9. The zero-order valence-electron chi connectivity index (χ0n) is 24.9. The summed E-state index contributed by atoms with van der Waals surface area (Å²) in [5.41, 5.74) is 3.37. The van der Waals surface area contributed by atoms with E-state index in [4.69, 9.17) is 14.7 Å². The molecule has 5 N–H and O–H groups in total. The summed E-state index contributed by atoms with van der Waals surface area (Å²) in [6.45, 7) is 4.35. The lowest BCUT2D eigenvalue weighted by Gasteiger charge is -2.26. The quantitative estimate of drug-likeness (QED) is 0.149. The van der Waals surface area contributed by atoms with Crippen LogP contribution < -0.4 is 10.6 Å². The Morgan fingerprint density at radius 1 is 0.911 bits per heavy atom. The number of aromatic nitrogens is 7. The number of hydrogen-bond acceptors (Lipinski definition) is 11. The van der Waals surface area contributed by atoms with Crippen molar-refractivity contribution in [3.8, 4) is 0 Å². The number of piperidine rings is 1. The monoisotopic (exact) mass is 610 g/mol. The number of ether oxygens (including phenoxy) is 1. The fourth-order valence-electron chi connectivity index (χ4n) is 6.28. The molecule has 45 heavy (non-hydrogen) atoms. The van der Waals surface area contributed by atoms with Crippen LogP contribution in [0.25, 0.3) is 11.2 Å². The first-order valence-corrected chi connectivity index (χ1v) is 15.6. The molecule has 0 bridgehead atoms. The Hall–Kier alpha value is -4.43. The normalized spacial score (nSPS) is 22.3. The molecule has 5 heterocycles. The Labute approximate surface area is 260 Å². The summed E-state index contributed by atoms with van der Waals surface area (Å²) in [7, 11) is 0. The van der Waals surface area contributed by atoms with Gasteiger partial charge in [-0.3, -0.25) is 4.57 Å². The minimum absolute atomic E-state index is 0.0628. The van der Waals surface area contributed by atoms with Gasteiger partial charge in [-0.05, 0) is 37.1 Å². The Kier molecular flexibility index (Phi) is 8.65. The highest BCUT2D eigenvalue weighted by Gasteiger charge is 2.46. The van der Waals surface area contributed by atoms with Crippen LogP contribution in [0.5, 0.6) is 0 Å². The van der Waals surface area contributed by atoms with Crippen LogP contribution in [0.3, 0.4) is 0 Å². The van der Waals surface area contributed by atoms with Gasteiger partial charge in [0.1, 0.15) is 24.6 Å². The van der Waals surface area contributed by atoms with Crippen molar-refractivity contribution in [1.29, 1.82) is 0 Å². The molecule has 2 aliphatic rings. The number of anilines is 2. The molecule has 13 heteroatoms. The molecule has 0 radical (unpaired) electrons. The van der Waals surface area contributed by atoms with Crippen molar-refractivity contribution >= 4 is 22.9 Å². The fourth-order valence-corrected chi connectivity index (χ4v) is 6.28. The fraction of sp³-hybridized carbons (Fsp3) is 0.406. The highest BCUT2D eigenvalue weighted by molar-refractivity contribution is 5.84. The van der Waals surface area contributed by atoms with Gasteiger partial charge in [0.15, 0.2) is 29.0 Å². The molecule has 4 atom stereocenters. The lowest BCUT2D eigenvalue weighted by Crippen LogP contribution is -2.34. The predicted octanol–water partition coefficient (Wildman–Crippen LogP) is 3.08. The SMILES string of the molecule is O[C@@H]1[C@H](O)[C@@H](c2nnc[nH]2)O[C@H]1n1cnc2c(NCC(c3ccccc3)c3ccccc3)nc(NCCN3CCCCC3)nc21. The van der Waals surface area contributed by atoms with Gasteiger partial charge in [-0.15, -0.1) is 10.2 Å². The number of H-pyrrole nitrogens is 1. The maximum Gasteiger partial charge on any atom is 0.226 e. The first-order chi connectivity index (χ1) is 22.2. The second kappa shape index (κ2) is 13.3. The van der Waals surface area contributed by atoms with Gasteiger partial charge < -0.3 is 35.5 Å². The molecule has 0 amide bonds. The van der Waals surface area contributed by atoms with E-state index < -0.39 is 24.5 Å². The molecular weight excluding hydrogens is 572 g/mol. The summed E-state index contributed by atoms with van der Waals surface area (Å²) in [5, 5.41) is 36.6. The largest absolute Gasteiger partial charge is 0.387 e. The van der Waals surface area contributed by atoms with E-state index in [2.05, 4.69) is 60.0 Å². The molecule has 3 aromatic heterocycles. The van der Waals surface area contributed by atoms with E-state index in [-0.39, 0.29) is 5.92 Å². The minimum Gasteiger partial charge on any atom is -0.387 e. The maximum atomic E-state index is 11.0. The summed E-state index contributed by atoms with van der Waals surface area (Å²) in [4.78, 5) is 19.7. The number of aliphatic hydroxyl groups is 2. The Balaban J connectivity index is 1.20. The van der Waals surface area contributed by atoms with E-state index in [1.54, 1.807) is 10.9 Å². The molecular formula is C32H38N10O3. The van der Waals surface area contributed by atoms with Crippen molar-refractivity contribution in [3.63, 3.8) is 0 Å². The number of fused-ring (bicyclic) bond motifs is 1. The summed E-state index contributed by atoms with van der Waals surface area (Å²) in [6, 6.07) is 20.8. The van der Waals surface area contributed by atoms with Crippen LogP contribution in [-0.4, -0.2) is 94.7 Å². The third kappa shape index (κ3) is 6.25.